The molecule has 2 fully saturated rings. The van der Waals surface area contributed by atoms with Crippen LogP contribution in [0.15, 0.2) is 0 Å². The van der Waals surface area contributed by atoms with Crippen molar-refractivity contribution in [3.05, 3.63) is 0 Å². The number of nitrogens with zero attached hydrogens (tertiary/aromatic N) is 2. The van der Waals surface area contributed by atoms with Gasteiger partial charge in [-0.1, -0.05) is 26.7 Å². The van der Waals surface area contributed by atoms with Gasteiger partial charge in [0.05, 0.1) is 0 Å². The van der Waals surface area contributed by atoms with Gasteiger partial charge < -0.3 is 15.1 Å². The molecule has 0 aromatic heterocycles. The first kappa shape index (κ1) is 16.3. The molecule has 0 aromatic rings. The third-order valence-corrected chi connectivity index (χ3v) is 5.15. The van der Waals surface area contributed by atoms with E-state index in [1.807, 2.05) is 0 Å². The van der Waals surface area contributed by atoms with Gasteiger partial charge in [-0.2, -0.15) is 0 Å². The highest BCUT2D eigenvalue weighted by atomic mass is 15.3. The molecule has 0 atom stereocenters. The van der Waals surface area contributed by atoms with Gasteiger partial charge in [0.2, 0.25) is 0 Å². The van der Waals surface area contributed by atoms with Crippen LogP contribution in [-0.4, -0.2) is 62.2 Å². The first-order chi connectivity index (χ1) is 9.78. The molecule has 1 N–H and O–H groups in total. The average Bonchev–Trinajstić information content (AvgIpc) is 2.90. The molecule has 0 radical (unpaired) electrons. The minimum absolute atomic E-state index is 0.585. The number of rotatable bonds is 8. The molecular formula is C17H35N3. The van der Waals surface area contributed by atoms with Gasteiger partial charge in [-0.15, -0.1) is 0 Å². The van der Waals surface area contributed by atoms with Crippen molar-refractivity contribution >= 4 is 0 Å². The quantitative estimate of drug-likeness (QED) is 0.690. The van der Waals surface area contributed by atoms with Crippen LogP contribution in [-0.2, 0) is 0 Å². The Bertz CT molecular complexity index is 253. The molecule has 3 nitrogen and oxygen atoms in total. The zero-order valence-corrected chi connectivity index (χ0v) is 13.8. The van der Waals surface area contributed by atoms with Crippen molar-refractivity contribution in [3.63, 3.8) is 0 Å². The maximum absolute atomic E-state index is 3.70. The van der Waals surface area contributed by atoms with Crippen LogP contribution >= 0.6 is 0 Å². The molecule has 2 aliphatic rings. The summed E-state index contributed by atoms with van der Waals surface area (Å²) in [5.74, 6) is 0. The predicted molar refractivity (Wildman–Crippen MR) is 87.2 cm³/mol. The predicted octanol–water partition coefficient (Wildman–Crippen LogP) is 2.57. The molecule has 3 heteroatoms. The molecule has 118 valence electrons. The number of piperazine rings is 1. The Morgan fingerprint density at radius 3 is 2.15 bits per heavy atom. The Kier molecular flexibility index (Phi) is 6.79. The van der Waals surface area contributed by atoms with Gasteiger partial charge in [-0.3, -0.25) is 0 Å². The third-order valence-electron chi connectivity index (χ3n) is 5.15. The van der Waals surface area contributed by atoms with Crippen LogP contribution in [0.1, 0.15) is 52.4 Å². The second-order valence-electron chi connectivity index (χ2n) is 7.00. The summed E-state index contributed by atoms with van der Waals surface area (Å²) in [6, 6.07) is 0. The first-order valence-corrected chi connectivity index (χ1v) is 8.93. The summed E-state index contributed by atoms with van der Waals surface area (Å²) >= 11 is 0. The molecule has 1 saturated carbocycles. The van der Waals surface area contributed by atoms with Crippen molar-refractivity contribution in [2.75, 3.05) is 52.4 Å². The molecular weight excluding hydrogens is 246 g/mol. The fourth-order valence-electron chi connectivity index (χ4n) is 4.01. The highest BCUT2D eigenvalue weighted by Gasteiger charge is 2.35. The van der Waals surface area contributed by atoms with E-state index in [1.165, 1.54) is 90.9 Å². The van der Waals surface area contributed by atoms with E-state index in [0.717, 1.165) is 0 Å². The van der Waals surface area contributed by atoms with E-state index in [1.54, 1.807) is 0 Å². The van der Waals surface area contributed by atoms with Crippen LogP contribution in [0, 0.1) is 5.41 Å². The summed E-state index contributed by atoms with van der Waals surface area (Å²) in [6.07, 6.45) is 8.33. The Hall–Kier alpha value is -0.120. The lowest BCUT2D eigenvalue weighted by Gasteiger charge is -2.40. The zero-order chi connectivity index (χ0) is 14.3. The van der Waals surface area contributed by atoms with E-state index in [2.05, 4.69) is 29.0 Å². The van der Waals surface area contributed by atoms with Crippen LogP contribution in [0.25, 0.3) is 0 Å². The summed E-state index contributed by atoms with van der Waals surface area (Å²) < 4.78 is 0. The maximum Gasteiger partial charge on any atom is 0.0110 e. The largest absolute Gasteiger partial charge is 0.316 e. The molecule has 1 aliphatic heterocycles. The zero-order valence-electron chi connectivity index (χ0n) is 13.8. The Labute approximate surface area is 126 Å². The second-order valence-corrected chi connectivity index (χ2v) is 7.00. The smallest absolute Gasteiger partial charge is 0.0110 e. The summed E-state index contributed by atoms with van der Waals surface area (Å²) in [5.41, 5.74) is 0.585. The van der Waals surface area contributed by atoms with Crippen molar-refractivity contribution in [3.8, 4) is 0 Å². The van der Waals surface area contributed by atoms with Crippen LogP contribution in [0.4, 0.5) is 0 Å². The van der Waals surface area contributed by atoms with E-state index >= 15 is 0 Å². The second kappa shape index (κ2) is 8.35. The average molecular weight is 281 g/mol. The van der Waals surface area contributed by atoms with Crippen LogP contribution in [0.5, 0.6) is 0 Å². The Balaban J connectivity index is 1.77. The van der Waals surface area contributed by atoms with Crippen molar-refractivity contribution in [1.82, 2.24) is 15.1 Å². The molecule has 1 aliphatic carbocycles. The number of nitrogens with one attached hydrogen (secondary N) is 1. The number of hydrogen-bond donors (Lipinski definition) is 1. The van der Waals surface area contributed by atoms with E-state index in [9.17, 15) is 0 Å². The lowest BCUT2D eigenvalue weighted by atomic mass is 9.85. The van der Waals surface area contributed by atoms with E-state index in [-0.39, 0.29) is 0 Å². The van der Waals surface area contributed by atoms with Crippen LogP contribution in [0.2, 0.25) is 0 Å². The molecule has 2 rings (SSSR count). The Morgan fingerprint density at radius 2 is 1.55 bits per heavy atom. The maximum atomic E-state index is 3.70. The van der Waals surface area contributed by atoms with Gasteiger partial charge in [-0.25, -0.2) is 0 Å². The molecule has 0 aromatic carbocycles. The third kappa shape index (κ3) is 4.71. The Morgan fingerprint density at radius 1 is 0.900 bits per heavy atom. The van der Waals surface area contributed by atoms with E-state index in [4.69, 9.17) is 0 Å². The summed E-state index contributed by atoms with van der Waals surface area (Å²) in [7, 11) is 0. The minimum Gasteiger partial charge on any atom is -0.316 e. The van der Waals surface area contributed by atoms with Gasteiger partial charge >= 0.3 is 0 Å². The van der Waals surface area contributed by atoms with Gasteiger partial charge in [-0.05, 0) is 44.2 Å². The van der Waals surface area contributed by atoms with Gasteiger partial charge in [0.1, 0.15) is 0 Å². The summed E-state index contributed by atoms with van der Waals surface area (Å²) in [4.78, 5) is 5.37. The summed E-state index contributed by atoms with van der Waals surface area (Å²) in [6.45, 7) is 14.8. The van der Waals surface area contributed by atoms with Crippen molar-refractivity contribution < 1.29 is 0 Å². The number of hydrogen-bond acceptors (Lipinski definition) is 3. The molecule has 20 heavy (non-hydrogen) atoms. The SMILES string of the molecule is CCCNCC1(CN2CCN(CCC)CC2)CCCC1. The van der Waals surface area contributed by atoms with Crippen molar-refractivity contribution in [2.24, 2.45) is 5.41 Å². The topological polar surface area (TPSA) is 18.5 Å². The fraction of sp³-hybridized carbons (Fsp3) is 1.00. The molecule has 0 unspecified atom stereocenters. The van der Waals surface area contributed by atoms with E-state index in [0.29, 0.717) is 5.41 Å². The van der Waals surface area contributed by atoms with Gasteiger partial charge in [0.15, 0.2) is 0 Å². The lowest BCUT2D eigenvalue weighted by Crippen LogP contribution is -2.51. The van der Waals surface area contributed by atoms with Crippen molar-refractivity contribution in [2.45, 2.75) is 52.4 Å². The molecule has 0 spiro atoms. The van der Waals surface area contributed by atoms with E-state index < -0.39 is 0 Å². The van der Waals surface area contributed by atoms with Crippen LogP contribution in [0.3, 0.4) is 0 Å². The minimum atomic E-state index is 0.585. The normalized spacial score (nSPS) is 24.3. The fourth-order valence-corrected chi connectivity index (χ4v) is 4.01. The van der Waals surface area contributed by atoms with Crippen LogP contribution < -0.4 is 5.32 Å². The molecule has 1 saturated heterocycles. The highest BCUT2D eigenvalue weighted by molar-refractivity contribution is 4.90. The van der Waals surface area contributed by atoms with Gasteiger partial charge in [0.25, 0.3) is 0 Å². The molecule has 0 bridgehead atoms. The summed E-state index contributed by atoms with van der Waals surface area (Å²) in [5, 5.41) is 3.70. The van der Waals surface area contributed by atoms with Gasteiger partial charge in [0, 0.05) is 39.3 Å². The van der Waals surface area contributed by atoms with Crippen molar-refractivity contribution in [1.29, 1.82) is 0 Å². The monoisotopic (exact) mass is 281 g/mol. The lowest BCUT2D eigenvalue weighted by molar-refractivity contribution is 0.0852. The standard InChI is InChI=1S/C17H35N3/c1-3-9-18-15-17(7-5-6-8-17)16-20-13-11-19(10-4-2)12-14-20/h18H,3-16H2,1-2H3. The molecule has 0 amide bonds. The first-order valence-electron chi connectivity index (χ1n) is 8.93. The molecule has 1 heterocycles. The highest BCUT2D eigenvalue weighted by Crippen LogP contribution is 2.38.